The van der Waals surface area contributed by atoms with E-state index >= 15 is 0 Å². The molecule has 0 aliphatic heterocycles. The molecule has 5 nitrogen and oxygen atoms in total. The highest BCUT2D eigenvalue weighted by molar-refractivity contribution is 8.13. The van der Waals surface area contributed by atoms with Crippen molar-refractivity contribution in [2.45, 2.75) is 37.6 Å². The molecule has 0 bridgehead atoms. The van der Waals surface area contributed by atoms with E-state index in [1.165, 1.54) is 6.07 Å². The Morgan fingerprint density at radius 2 is 2.10 bits per heavy atom. The van der Waals surface area contributed by atoms with Crippen LogP contribution in [0, 0.1) is 6.92 Å². The number of amides is 1. The number of methoxy groups -OCH3 is 1. The molecular formula is C14H20ClNO4S. The first-order valence-electron chi connectivity index (χ1n) is 6.64. The molecule has 0 fully saturated rings. The minimum absolute atomic E-state index is 0.0457. The fourth-order valence-corrected chi connectivity index (χ4v) is 3.24. The van der Waals surface area contributed by atoms with Gasteiger partial charge in [0.25, 0.3) is 15.0 Å². The zero-order chi connectivity index (χ0) is 16.0. The second-order valence-corrected chi connectivity index (χ2v) is 7.37. The summed E-state index contributed by atoms with van der Waals surface area (Å²) in [6.45, 7) is 4.05. The predicted molar refractivity (Wildman–Crippen MR) is 82.3 cm³/mol. The Balaban J connectivity index is 2.97. The number of carbonyl (C=O) groups is 1. The van der Waals surface area contributed by atoms with Crippen LogP contribution in [0.2, 0.25) is 0 Å². The summed E-state index contributed by atoms with van der Waals surface area (Å²) in [6, 6.07) is 4.33. The molecule has 0 aromatic heterocycles. The van der Waals surface area contributed by atoms with Gasteiger partial charge in [0, 0.05) is 23.4 Å². The van der Waals surface area contributed by atoms with Gasteiger partial charge in [-0.1, -0.05) is 19.4 Å². The van der Waals surface area contributed by atoms with Crippen molar-refractivity contribution in [2.75, 3.05) is 13.7 Å². The van der Waals surface area contributed by atoms with E-state index in [0.717, 1.165) is 12.8 Å². The Morgan fingerprint density at radius 1 is 1.43 bits per heavy atom. The molecule has 7 heteroatoms. The Kier molecular flexibility index (Phi) is 6.64. The fraction of sp³-hybridized carbons (Fsp3) is 0.500. The summed E-state index contributed by atoms with van der Waals surface area (Å²) in [5.41, 5.74) is 0.764. The monoisotopic (exact) mass is 333 g/mol. The Morgan fingerprint density at radius 3 is 2.62 bits per heavy atom. The number of nitrogens with one attached hydrogen (secondary N) is 1. The van der Waals surface area contributed by atoms with Crippen LogP contribution in [0.1, 0.15) is 35.7 Å². The summed E-state index contributed by atoms with van der Waals surface area (Å²) in [5.74, 6) is -0.341. The molecule has 1 amide bonds. The summed E-state index contributed by atoms with van der Waals surface area (Å²) in [5, 5.41) is 2.83. The summed E-state index contributed by atoms with van der Waals surface area (Å²) in [6.07, 6.45) is 1.69. The molecule has 1 N–H and O–H groups in total. The molecule has 118 valence electrons. The number of halogens is 1. The molecule has 1 rings (SSSR count). The highest BCUT2D eigenvalue weighted by Crippen LogP contribution is 2.21. The van der Waals surface area contributed by atoms with Crippen molar-refractivity contribution < 1.29 is 17.9 Å². The highest BCUT2D eigenvalue weighted by atomic mass is 35.7. The summed E-state index contributed by atoms with van der Waals surface area (Å²) >= 11 is 0. The normalized spacial score (nSPS) is 13.0. The number of aryl methyl sites for hydroxylation is 1. The quantitative estimate of drug-likeness (QED) is 0.778. The van der Waals surface area contributed by atoms with Crippen LogP contribution in [-0.4, -0.2) is 34.1 Å². The van der Waals surface area contributed by atoms with E-state index in [4.69, 9.17) is 15.4 Å². The van der Waals surface area contributed by atoms with Gasteiger partial charge in [0.2, 0.25) is 0 Å². The molecule has 1 aromatic rings. The summed E-state index contributed by atoms with van der Waals surface area (Å²) in [7, 11) is 3.06. The van der Waals surface area contributed by atoms with Gasteiger partial charge in [-0.05, 0) is 31.0 Å². The van der Waals surface area contributed by atoms with E-state index in [2.05, 4.69) is 5.32 Å². The number of rotatable bonds is 7. The lowest BCUT2D eigenvalue weighted by Crippen LogP contribution is -2.38. The molecule has 0 saturated heterocycles. The van der Waals surface area contributed by atoms with Gasteiger partial charge >= 0.3 is 0 Å². The van der Waals surface area contributed by atoms with Crippen LogP contribution in [0.5, 0.6) is 0 Å². The summed E-state index contributed by atoms with van der Waals surface area (Å²) in [4.78, 5) is 12.1. The first kappa shape index (κ1) is 17.9. The third kappa shape index (κ3) is 5.30. The van der Waals surface area contributed by atoms with Crippen molar-refractivity contribution in [2.24, 2.45) is 0 Å². The first-order valence-corrected chi connectivity index (χ1v) is 8.95. The maximum Gasteiger partial charge on any atom is 0.261 e. The van der Waals surface area contributed by atoms with Crippen LogP contribution >= 0.6 is 10.7 Å². The molecule has 0 spiro atoms. The smallest absolute Gasteiger partial charge is 0.261 e. The van der Waals surface area contributed by atoms with E-state index in [-0.39, 0.29) is 22.4 Å². The molecule has 0 heterocycles. The zero-order valence-corrected chi connectivity index (χ0v) is 13.9. The molecular weight excluding hydrogens is 314 g/mol. The maximum atomic E-state index is 12.2. The molecule has 0 aliphatic rings. The van der Waals surface area contributed by atoms with Gasteiger partial charge in [-0.2, -0.15) is 0 Å². The largest absolute Gasteiger partial charge is 0.383 e. The minimum Gasteiger partial charge on any atom is -0.383 e. The molecule has 21 heavy (non-hydrogen) atoms. The second kappa shape index (κ2) is 7.77. The van der Waals surface area contributed by atoms with Crippen molar-refractivity contribution in [3.63, 3.8) is 0 Å². The fourth-order valence-electron chi connectivity index (χ4n) is 2.02. The average molecular weight is 334 g/mol. The number of benzene rings is 1. The van der Waals surface area contributed by atoms with Crippen LogP contribution in [0.25, 0.3) is 0 Å². The van der Waals surface area contributed by atoms with Crippen LogP contribution in [0.3, 0.4) is 0 Å². The maximum absolute atomic E-state index is 12.2. The van der Waals surface area contributed by atoms with Crippen molar-refractivity contribution in [3.8, 4) is 0 Å². The molecule has 0 saturated carbocycles. The van der Waals surface area contributed by atoms with Crippen molar-refractivity contribution in [1.29, 1.82) is 0 Å². The van der Waals surface area contributed by atoms with E-state index in [0.29, 0.717) is 12.2 Å². The van der Waals surface area contributed by atoms with Gasteiger partial charge in [-0.25, -0.2) is 8.42 Å². The van der Waals surface area contributed by atoms with Crippen molar-refractivity contribution in [3.05, 3.63) is 29.3 Å². The Hall–Kier alpha value is -1.11. The van der Waals surface area contributed by atoms with Gasteiger partial charge in [-0.15, -0.1) is 0 Å². The van der Waals surface area contributed by atoms with E-state index in [1.54, 1.807) is 26.2 Å². The molecule has 0 radical (unpaired) electrons. The standard InChI is InChI=1S/C14H20ClNO4S/c1-4-5-12(9-20-3)16-14(17)11-7-6-10(2)13(8-11)21(15,18)19/h6-8,12H,4-5,9H2,1-3H3,(H,16,17). The van der Waals surface area contributed by atoms with Gasteiger partial charge in [-0.3, -0.25) is 4.79 Å². The minimum atomic E-state index is -3.87. The third-order valence-electron chi connectivity index (χ3n) is 3.05. The van der Waals surface area contributed by atoms with Crippen LogP contribution in [0.15, 0.2) is 23.1 Å². The van der Waals surface area contributed by atoms with Gasteiger partial charge in [0.05, 0.1) is 17.5 Å². The SMILES string of the molecule is CCCC(COC)NC(=O)c1ccc(C)c(S(=O)(=O)Cl)c1. The Labute approximate surface area is 130 Å². The lowest BCUT2D eigenvalue weighted by atomic mass is 10.1. The van der Waals surface area contributed by atoms with E-state index in [9.17, 15) is 13.2 Å². The lowest BCUT2D eigenvalue weighted by molar-refractivity contribution is 0.0891. The van der Waals surface area contributed by atoms with Gasteiger partial charge in [0.15, 0.2) is 0 Å². The summed E-state index contributed by atoms with van der Waals surface area (Å²) < 4.78 is 28.0. The second-order valence-electron chi connectivity index (χ2n) is 4.83. The van der Waals surface area contributed by atoms with Crippen molar-refractivity contribution >= 4 is 25.6 Å². The predicted octanol–water partition coefficient (Wildman–Crippen LogP) is 2.47. The van der Waals surface area contributed by atoms with Crippen molar-refractivity contribution in [1.82, 2.24) is 5.32 Å². The third-order valence-corrected chi connectivity index (χ3v) is 4.52. The number of carbonyl (C=O) groups excluding carboxylic acids is 1. The Bertz CT molecular complexity index is 595. The van der Waals surface area contributed by atoms with Crippen LogP contribution in [-0.2, 0) is 13.8 Å². The van der Waals surface area contributed by atoms with E-state index < -0.39 is 9.05 Å². The van der Waals surface area contributed by atoms with Crippen LogP contribution < -0.4 is 5.32 Å². The number of hydrogen-bond donors (Lipinski definition) is 1. The van der Waals surface area contributed by atoms with E-state index in [1.807, 2.05) is 6.92 Å². The lowest BCUT2D eigenvalue weighted by Gasteiger charge is -2.17. The van der Waals surface area contributed by atoms with Crippen LogP contribution in [0.4, 0.5) is 0 Å². The molecule has 0 aliphatic carbocycles. The zero-order valence-electron chi connectivity index (χ0n) is 12.3. The molecule has 1 aromatic carbocycles. The number of hydrogen-bond acceptors (Lipinski definition) is 4. The highest BCUT2D eigenvalue weighted by Gasteiger charge is 2.18. The molecule has 1 atom stereocenters. The number of ether oxygens (including phenoxy) is 1. The average Bonchev–Trinajstić information content (AvgIpc) is 2.38. The van der Waals surface area contributed by atoms with Gasteiger partial charge in [0.1, 0.15) is 0 Å². The van der Waals surface area contributed by atoms with Gasteiger partial charge < -0.3 is 10.1 Å². The molecule has 1 unspecified atom stereocenters. The first-order chi connectivity index (χ1) is 9.79. The topological polar surface area (TPSA) is 72.5 Å².